The summed E-state index contributed by atoms with van der Waals surface area (Å²) in [5, 5.41) is 13.5. The maximum Gasteiger partial charge on any atom is 0.337 e. The van der Waals surface area contributed by atoms with Crippen LogP contribution in [0.25, 0.3) is 10.2 Å². The number of carboxylic acid groups (broad SMARTS) is 1. The fourth-order valence-electron chi connectivity index (χ4n) is 3.85. The zero-order chi connectivity index (χ0) is 22.8. The number of aromatic amines is 1. The number of imidazole rings is 1. The van der Waals surface area contributed by atoms with E-state index in [0.717, 1.165) is 10.8 Å². The molecule has 3 aromatic rings. The number of fused-ring (bicyclic) bond motifs is 1. The van der Waals surface area contributed by atoms with Gasteiger partial charge in [-0.2, -0.15) is 0 Å². The number of thiazole rings is 1. The van der Waals surface area contributed by atoms with Crippen molar-refractivity contribution in [1.82, 2.24) is 20.3 Å². The lowest BCUT2D eigenvalue weighted by atomic mass is 10.0. The molecule has 9 nitrogen and oxygen atoms in total. The van der Waals surface area contributed by atoms with E-state index in [4.69, 9.17) is 16.3 Å². The van der Waals surface area contributed by atoms with Crippen molar-refractivity contribution in [3.63, 3.8) is 0 Å². The van der Waals surface area contributed by atoms with Crippen LogP contribution in [0.4, 0.5) is 5.13 Å². The molecule has 0 bridgehead atoms. The zero-order valence-corrected chi connectivity index (χ0v) is 19.3. The number of carbonyl (C=O) groups is 2. The fraction of sp³-hybridized carbons (Fsp3) is 0.429. The van der Waals surface area contributed by atoms with Gasteiger partial charge in [0, 0.05) is 19.7 Å². The number of piperidine rings is 1. The summed E-state index contributed by atoms with van der Waals surface area (Å²) in [5.74, 6) is -1.10. The van der Waals surface area contributed by atoms with Crippen LogP contribution in [-0.4, -0.2) is 63.8 Å². The molecule has 4 rings (SSSR count). The fourth-order valence-corrected chi connectivity index (χ4v) is 5.22. The predicted molar refractivity (Wildman–Crippen MR) is 123 cm³/mol. The van der Waals surface area contributed by atoms with E-state index >= 15 is 0 Å². The molecular formula is C21H24ClN5O4S. The third kappa shape index (κ3) is 4.43. The van der Waals surface area contributed by atoms with Gasteiger partial charge in [-0.25, -0.2) is 14.8 Å². The smallest absolute Gasteiger partial charge is 0.337 e. The Balaban J connectivity index is 1.50. The number of halogens is 1. The van der Waals surface area contributed by atoms with E-state index in [-0.39, 0.29) is 29.4 Å². The van der Waals surface area contributed by atoms with E-state index in [2.05, 4.69) is 25.2 Å². The molecule has 3 heterocycles. The lowest BCUT2D eigenvalue weighted by Crippen LogP contribution is -2.55. The Hall–Kier alpha value is -2.69. The normalized spacial score (nSPS) is 18.8. The van der Waals surface area contributed by atoms with Crippen molar-refractivity contribution in [3.05, 3.63) is 40.4 Å². The molecule has 1 aromatic carbocycles. The van der Waals surface area contributed by atoms with Crippen molar-refractivity contribution in [2.75, 3.05) is 24.6 Å². The standard InChI is InChI=1S/C21H24ClN5O4S/c1-3-12-17(22)26-18(23-12)19(28)24-13-8-9-27(10-15(13)31-4-2)21-25-14-7-5-6-11(20(29)30)16(14)32-21/h5-7,13,15H,3-4,8-10H2,1-2H3,(H,23,26)(H,24,28)(H,29,30). The van der Waals surface area contributed by atoms with Crippen LogP contribution in [0.2, 0.25) is 5.15 Å². The number of hydrogen-bond donors (Lipinski definition) is 3. The average Bonchev–Trinajstić information content (AvgIpc) is 3.38. The number of ether oxygens (including phenoxy) is 1. The first kappa shape index (κ1) is 22.5. The molecule has 0 saturated carbocycles. The Kier molecular flexibility index (Phi) is 6.63. The Morgan fingerprint density at radius 1 is 1.38 bits per heavy atom. The minimum Gasteiger partial charge on any atom is -0.478 e. The molecule has 170 valence electrons. The van der Waals surface area contributed by atoms with Crippen molar-refractivity contribution >= 4 is 50.2 Å². The third-order valence-corrected chi connectivity index (χ3v) is 6.94. The number of amides is 1. The van der Waals surface area contributed by atoms with Crippen LogP contribution in [0, 0.1) is 0 Å². The topological polar surface area (TPSA) is 120 Å². The quantitative estimate of drug-likeness (QED) is 0.477. The van der Waals surface area contributed by atoms with Crippen LogP contribution in [0.3, 0.4) is 0 Å². The van der Waals surface area contributed by atoms with E-state index in [1.54, 1.807) is 12.1 Å². The zero-order valence-electron chi connectivity index (χ0n) is 17.7. The Labute approximate surface area is 193 Å². The highest BCUT2D eigenvalue weighted by atomic mass is 35.5. The lowest BCUT2D eigenvalue weighted by Gasteiger charge is -2.38. The van der Waals surface area contributed by atoms with Gasteiger partial charge in [-0.3, -0.25) is 4.79 Å². The molecule has 0 radical (unpaired) electrons. The molecule has 0 aliphatic carbocycles. The second-order valence-electron chi connectivity index (χ2n) is 7.47. The van der Waals surface area contributed by atoms with Gasteiger partial charge in [-0.15, -0.1) is 0 Å². The molecule has 1 amide bonds. The van der Waals surface area contributed by atoms with Crippen molar-refractivity contribution in [1.29, 1.82) is 0 Å². The first-order valence-corrected chi connectivity index (χ1v) is 11.6. The highest BCUT2D eigenvalue weighted by Gasteiger charge is 2.33. The molecule has 1 aliphatic heterocycles. The van der Waals surface area contributed by atoms with Gasteiger partial charge in [0.15, 0.2) is 16.1 Å². The largest absolute Gasteiger partial charge is 0.478 e. The van der Waals surface area contributed by atoms with Gasteiger partial charge in [0.05, 0.1) is 33.6 Å². The number of nitrogens with zero attached hydrogens (tertiary/aromatic N) is 3. The highest BCUT2D eigenvalue weighted by Crippen LogP contribution is 2.33. The molecule has 2 atom stereocenters. The van der Waals surface area contributed by atoms with Gasteiger partial charge in [0.2, 0.25) is 0 Å². The minimum atomic E-state index is -0.969. The van der Waals surface area contributed by atoms with E-state index in [9.17, 15) is 14.7 Å². The number of benzene rings is 1. The number of carbonyl (C=O) groups excluding carboxylic acids is 1. The second-order valence-corrected chi connectivity index (χ2v) is 8.81. The number of rotatable bonds is 7. The van der Waals surface area contributed by atoms with Crippen molar-refractivity contribution in [3.8, 4) is 0 Å². The molecule has 1 saturated heterocycles. The summed E-state index contributed by atoms with van der Waals surface area (Å²) in [6.07, 6.45) is 1.05. The number of hydrogen-bond acceptors (Lipinski definition) is 7. The first-order valence-electron chi connectivity index (χ1n) is 10.5. The van der Waals surface area contributed by atoms with Gasteiger partial charge in [-0.05, 0) is 31.9 Å². The van der Waals surface area contributed by atoms with Crippen molar-refractivity contribution in [2.45, 2.75) is 38.8 Å². The number of carboxylic acids is 1. The van der Waals surface area contributed by atoms with Gasteiger partial charge < -0.3 is 25.0 Å². The minimum absolute atomic E-state index is 0.192. The molecule has 3 N–H and O–H groups in total. The Morgan fingerprint density at radius 3 is 2.88 bits per heavy atom. The SMILES string of the molecule is CCOC1CN(c2nc3cccc(C(=O)O)c3s2)CCC1NC(=O)c1nc(Cl)c(CC)[nH]1. The summed E-state index contributed by atoms with van der Waals surface area (Å²) < 4.78 is 6.59. The summed E-state index contributed by atoms with van der Waals surface area (Å²) in [6.45, 7) is 5.52. The Bertz CT molecular complexity index is 1150. The van der Waals surface area contributed by atoms with Gasteiger partial charge >= 0.3 is 5.97 Å². The van der Waals surface area contributed by atoms with Crippen LogP contribution in [0.1, 0.15) is 46.9 Å². The average molecular weight is 478 g/mol. The highest BCUT2D eigenvalue weighted by molar-refractivity contribution is 7.22. The van der Waals surface area contributed by atoms with Crippen LogP contribution >= 0.6 is 22.9 Å². The van der Waals surface area contributed by atoms with E-state index in [0.29, 0.717) is 47.9 Å². The molecule has 32 heavy (non-hydrogen) atoms. The second kappa shape index (κ2) is 9.43. The van der Waals surface area contributed by atoms with Crippen LogP contribution in [0.15, 0.2) is 18.2 Å². The van der Waals surface area contributed by atoms with E-state index in [1.165, 1.54) is 11.3 Å². The maximum atomic E-state index is 12.7. The first-order chi connectivity index (χ1) is 15.4. The molecule has 0 spiro atoms. The number of nitrogens with one attached hydrogen (secondary N) is 2. The predicted octanol–water partition coefficient (Wildman–Crippen LogP) is 3.35. The van der Waals surface area contributed by atoms with Crippen molar-refractivity contribution in [2.24, 2.45) is 0 Å². The van der Waals surface area contributed by atoms with Crippen molar-refractivity contribution < 1.29 is 19.4 Å². The van der Waals surface area contributed by atoms with E-state index < -0.39 is 5.97 Å². The van der Waals surface area contributed by atoms with Crippen LogP contribution in [-0.2, 0) is 11.2 Å². The van der Waals surface area contributed by atoms with Crippen LogP contribution in [0.5, 0.6) is 0 Å². The summed E-state index contributed by atoms with van der Waals surface area (Å²) in [6, 6.07) is 4.90. The summed E-state index contributed by atoms with van der Waals surface area (Å²) in [7, 11) is 0. The molecule has 1 aliphatic rings. The maximum absolute atomic E-state index is 12.7. The van der Waals surface area contributed by atoms with Crippen LogP contribution < -0.4 is 10.2 Å². The molecular weight excluding hydrogens is 454 g/mol. The van der Waals surface area contributed by atoms with Gasteiger partial charge in [0.25, 0.3) is 5.91 Å². The number of aromatic nitrogens is 3. The molecule has 1 fully saturated rings. The molecule has 2 unspecified atom stereocenters. The summed E-state index contributed by atoms with van der Waals surface area (Å²) in [5.41, 5.74) is 1.64. The monoisotopic (exact) mass is 477 g/mol. The van der Waals surface area contributed by atoms with Gasteiger partial charge in [-0.1, -0.05) is 35.9 Å². The Morgan fingerprint density at radius 2 is 2.19 bits per heavy atom. The lowest BCUT2D eigenvalue weighted by molar-refractivity contribution is 0.0272. The summed E-state index contributed by atoms with van der Waals surface area (Å²) >= 11 is 7.42. The number of aryl methyl sites for hydroxylation is 1. The van der Waals surface area contributed by atoms with E-state index in [1.807, 2.05) is 19.9 Å². The number of H-pyrrole nitrogens is 1. The summed E-state index contributed by atoms with van der Waals surface area (Å²) in [4.78, 5) is 38.1. The number of aromatic carboxylic acids is 1. The third-order valence-electron chi connectivity index (χ3n) is 5.46. The molecule has 2 aromatic heterocycles. The molecule has 11 heteroatoms. The van der Waals surface area contributed by atoms with Gasteiger partial charge in [0.1, 0.15) is 0 Å². The number of anilines is 1.